The second-order valence-corrected chi connectivity index (χ2v) is 11.7. The highest BCUT2D eigenvalue weighted by Crippen LogP contribution is 2.20. The van der Waals surface area contributed by atoms with Gasteiger partial charge in [0.1, 0.15) is 12.1 Å². The number of ketones is 1. The van der Waals surface area contributed by atoms with E-state index in [1.54, 1.807) is 44.2 Å². The highest BCUT2D eigenvalue weighted by atomic mass is 16.2. The molecule has 9 nitrogen and oxygen atoms in total. The minimum atomic E-state index is -1.10. The van der Waals surface area contributed by atoms with Crippen LogP contribution in [0.5, 0.6) is 0 Å². The van der Waals surface area contributed by atoms with E-state index in [-0.39, 0.29) is 13.0 Å². The van der Waals surface area contributed by atoms with Crippen LogP contribution < -0.4 is 21.3 Å². The van der Waals surface area contributed by atoms with Crippen molar-refractivity contribution in [3.63, 3.8) is 0 Å². The Kier molecular flexibility index (Phi) is 12.2. The van der Waals surface area contributed by atoms with Crippen molar-refractivity contribution in [3.8, 4) is 11.1 Å². The van der Waals surface area contributed by atoms with E-state index in [9.17, 15) is 24.0 Å². The van der Waals surface area contributed by atoms with Crippen molar-refractivity contribution < 1.29 is 24.0 Å². The molecule has 47 heavy (non-hydrogen) atoms. The Morgan fingerprint density at radius 2 is 1.13 bits per heavy atom. The number of amides is 4. The fourth-order valence-corrected chi connectivity index (χ4v) is 4.94. The maximum Gasteiger partial charge on any atom is 0.289 e. The van der Waals surface area contributed by atoms with Crippen LogP contribution in [0.15, 0.2) is 115 Å². The molecule has 0 aliphatic heterocycles. The van der Waals surface area contributed by atoms with E-state index >= 15 is 0 Å². The third-order valence-corrected chi connectivity index (χ3v) is 7.68. The highest BCUT2D eigenvalue weighted by Gasteiger charge is 2.32. The molecule has 242 valence electrons. The van der Waals surface area contributed by atoms with Gasteiger partial charge in [0.15, 0.2) is 0 Å². The lowest BCUT2D eigenvalue weighted by molar-refractivity contribution is -0.141. The standard InChI is InChI=1S/C38H40N4O5/c1-25(2)33(34(43)38(47)39-24-28-13-7-4-8-14-28)42-35(44)26(3)40-37(46)32(41-36(45)31-17-11-6-12-18-31)23-27-19-21-30(22-20-27)29-15-9-5-10-16-29/h4-22,25-26,32-33H,23-24H2,1-3H3,(H,39,47)(H,40,46)(H,41,45)(H,42,44). The summed E-state index contributed by atoms with van der Waals surface area (Å²) in [6.07, 6.45) is 0.169. The predicted octanol–water partition coefficient (Wildman–Crippen LogP) is 4.23. The summed E-state index contributed by atoms with van der Waals surface area (Å²) >= 11 is 0. The maximum atomic E-state index is 13.6. The van der Waals surface area contributed by atoms with Crippen LogP contribution in [0.1, 0.15) is 42.3 Å². The minimum absolute atomic E-state index is 0.168. The first kappa shape index (κ1) is 34.3. The van der Waals surface area contributed by atoms with Gasteiger partial charge in [0, 0.05) is 18.5 Å². The summed E-state index contributed by atoms with van der Waals surface area (Å²) in [5.41, 5.74) is 4.09. The average molecular weight is 633 g/mol. The number of carbonyl (C=O) groups is 5. The number of hydrogen-bond acceptors (Lipinski definition) is 5. The van der Waals surface area contributed by atoms with Crippen molar-refractivity contribution >= 4 is 29.4 Å². The summed E-state index contributed by atoms with van der Waals surface area (Å²) in [4.78, 5) is 65.5. The Balaban J connectivity index is 1.42. The Hall–Kier alpha value is -5.57. The number of hydrogen-bond donors (Lipinski definition) is 4. The van der Waals surface area contributed by atoms with Gasteiger partial charge in [0.25, 0.3) is 11.8 Å². The van der Waals surface area contributed by atoms with Crippen molar-refractivity contribution in [1.29, 1.82) is 0 Å². The fourth-order valence-electron chi connectivity index (χ4n) is 4.94. The molecule has 0 radical (unpaired) electrons. The first-order chi connectivity index (χ1) is 22.6. The molecule has 4 N–H and O–H groups in total. The zero-order valence-corrected chi connectivity index (χ0v) is 26.7. The summed E-state index contributed by atoms with van der Waals surface area (Å²) in [5.74, 6) is -3.63. The van der Waals surface area contributed by atoms with Gasteiger partial charge in [0.2, 0.25) is 17.6 Å². The van der Waals surface area contributed by atoms with Crippen molar-refractivity contribution in [2.45, 2.75) is 51.9 Å². The molecule has 0 aliphatic rings. The van der Waals surface area contributed by atoms with Crippen LogP contribution in [-0.2, 0) is 32.1 Å². The topological polar surface area (TPSA) is 133 Å². The Bertz CT molecular complexity index is 1660. The van der Waals surface area contributed by atoms with Crippen LogP contribution in [0.25, 0.3) is 11.1 Å². The third kappa shape index (κ3) is 9.96. The molecule has 4 aromatic carbocycles. The van der Waals surface area contributed by atoms with Crippen molar-refractivity contribution in [2.24, 2.45) is 5.92 Å². The molecule has 0 spiro atoms. The van der Waals surface area contributed by atoms with E-state index in [0.29, 0.717) is 5.56 Å². The van der Waals surface area contributed by atoms with Crippen LogP contribution in [0, 0.1) is 5.92 Å². The van der Waals surface area contributed by atoms with Crippen LogP contribution >= 0.6 is 0 Å². The van der Waals surface area contributed by atoms with E-state index in [4.69, 9.17) is 0 Å². The first-order valence-corrected chi connectivity index (χ1v) is 15.6. The normalized spacial score (nSPS) is 12.7. The molecule has 0 saturated heterocycles. The van der Waals surface area contributed by atoms with Gasteiger partial charge in [-0.2, -0.15) is 0 Å². The van der Waals surface area contributed by atoms with Gasteiger partial charge >= 0.3 is 0 Å². The van der Waals surface area contributed by atoms with E-state index in [1.165, 1.54) is 6.92 Å². The quantitative estimate of drug-likeness (QED) is 0.155. The molecule has 3 atom stereocenters. The summed E-state index contributed by atoms with van der Waals surface area (Å²) in [5, 5.41) is 10.7. The molecule has 0 aromatic heterocycles. The zero-order valence-electron chi connectivity index (χ0n) is 26.7. The largest absolute Gasteiger partial charge is 0.345 e. The third-order valence-electron chi connectivity index (χ3n) is 7.68. The maximum absolute atomic E-state index is 13.6. The molecule has 0 fully saturated rings. The SMILES string of the molecule is CC(NC(=O)C(Cc1ccc(-c2ccccc2)cc1)NC(=O)c1ccccc1)C(=O)NC(C(=O)C(=O)NCc1ccccc1)C(C)C. The molecule has 0 aliphatic carbocycles. The van der Waals surface area contributed by atoms with E-state index in [2.05, 4.69) is 21.3 Å². The second kappa shape index (κ2) is 16.7. The van der Waals surface area contributed by atoms with Crippen molar-refractivity contribution in [1.82, 2.24) is 21.3 Å². The van der Waals surface area contributed by atoms with Crippen LogP contribution in [0.3, 0.4) is 0 Å². The molecule has 0 saturated carbocycles. The molecule has 4 rings (SSSR count). The molecule has 4 amide bonds. The summed E-state index contributed by atoms with van der Waals surface area (Å²) in [7, 11) is 0. The van der Waals surface area contributed by atoms with E-state index < -0.39 is 53.5 Å². The summed E-state index contributed by atoms with van der Waals surface area (Å²) in [6.45, 7) is 5.08. The van der Waals surface area contributed by atoms with Crippen LogP contribution in [0.4, 0.5) is 0 Å². The van der Waals surface area contributed by atoms with Gasteiger partial charge in [-0.15, -0.1) is 0 Å². The van der Waals surface area contributed by atoms with Gasteiger partial charge in [-0.3, -0.25) is 24.0 Å². The smallest absolute Gasteiger partial charge is 0.289 e. The Labute approximate surface area is 275 Å². The number of nitrogens with one attached hydrogen (secondary N) is 4. The average Bonchev–Trinajstić information content (AvgIpc) is 3.10. The van der Waals surface area contributed by atoms with Gasteiger partial charge in [-0.1, -0.05) is 117 Å². The molecule has 0 heterocycles. The lowest BCUT2D eigenvalue weighted by Gasteiger charge is -2.25. The number of carbonyl (C=O) groups excluding carboxylic acids is 5. The molecule has 0 bridgehead atoms. The summed E-state index contributed by atoms with van der Waals surface area (Å²) in [6, 6.07) is 32.1. The monoisotopic (exact) mass is 632 g/mol. The predicted molar refractivity (Wildman–Crippen MR) is 181 cm³/mol. The fraction of sp³-hybridized carbons (Fsp3) is 0.237. The lowest BCUT2D eigenvalue weighted by Crippen LogP contribution is -2.57. The minimum Gasteiger partial charge on any atom is -0.345 e. The highest BCUT2D eigenvalue weighted by molar-refractivity contribution is 6.38. The van der Waals surface area contributed by atoms with Crippen LogP contribution in [0.2, 0.25) is 0 Å². The molecule has 9 heteroatoms. The number of benzene rings is 4. The van der Waals surface area contributed by atoms with Gasteiger partial charge < -0.3 is 21.3 Å². The zero-order chi connectivity index (χ0) is 33.8. The number of rotatable bonds is 14. The van der Waals surface area contributed by atoms with Crippen LogP contribution in [-0.4, -0.2) is 47.5 Å². The molecule has 4 aromatic rings. The molecular formula is C38H40N4O5. The van der Waals surface area contributed by atoms with Crippen molar-refractivity contribution in [2.75, 3.05) is 0 Å². The number of Topliss-reactive ketones (excluding diaryl/α,β-unsaturated/α-hetero) is 1. The summed E-state index contributed by atoms with van der Waals surface area (Å²) < 4.78 is 0. The van der Waals surface area contributed by atoms with Gasteiger partial charge in [0.05, 0.1) is 6.04 Å². The van der Waals surface area contributed by atoms with Crippen molar-refractivity contribution in [3.05, 3.63) is 132 Å². The lowest BCUT2D eigenvalue weighted by atomic mass is 9.98. The van der Waals surface area contributed by atoms with E-state index in [0.717, 1.165) is 22.3 Å². The van der Waals surface area contributed by atoms with Gasteiger partial charge in [-0.25, -0.2) is 0 Å². The Morgan fingerprint density at radius 3 is 1.72 bits per heavy atom. The molecule has 3 unspecified atom stereocenters. The van der Waals surface area contributed by atoms with Gasteiger partial charge in [-0.05, 0) is 47.2 Å². The molecular weight excluding hydrogens is 592 g/mol. The first-order valence-electron chi connectivity index (χ1n) is 15.6. The van der Waals surface area contributed by atoms with E-state index in [1.807, 2.05) is 84.9 Å². The second-order valence-electron chi connectivity index (χ2n) is 11.7. The Morgan fingerprint density at radius 1 is 0.574 bits per heavy atom.